The molecule has 4 heteroatoms. The van der Waals surface area contributed by atoms with Gasteiger partial charge in [0.05, 0.1) is 0 Å². The number of carbonyl (C=O) groups excluding carboxylic acids is 1. The van der Waals surface area contributed by atoms with Crippen LogP contribution in [-0.4, -0.2) is 23.9 Å². The van der Waals surface area contributed by atoms with E-state index in [0.29, 0.717) is 22.9 Å². The van der Waals surface area contributed by atoms with Crippen LogP contribution in [0.2, 0.25) is 10.0 Å². The van der Waals surface area contributed by atoms with Gasteiger partial charge in [-0.25, -0.2) is 0 Å². The molecule has 1 heterocycles. The number of amides is 1. The molecular formula is C18H21Cl2NO. The first kappa shape index (κ1) is 15.9. The van der Waals surface area contributed by atoms with Crippen molar-refractivity contribution in [1.29, 1.82) is 0 Å². The highest BCUT2D eigenvalue weighted by Crippen LogP contribution is 2.33. The second-order valence-electron chi connectivity index (χ2n) is 6.14. The molecule has 118 valence electrons. The molecule has 3 rings (SSSR count). The summed E-state index contributed by atoms with van der Waals surface area (Å²) in [6.45, 7) is 1.74. The Morgan fingerprint density at radius 1 is 1.00 bits per heavy atom. The van der Waals surface area contributed by atoms with Gasteiger partial charge in [-0.3, -0.25) is 4.79 Å². The van der Waals surface area contributed by atoms with Crippen molar-refractivity contribution in [1.82, 2.24) is 4.90 Å². The molecule has 1 aliphatic heterocycles. The fraction of sp³-hybridized carbons (Fsp3) is 0.500. The lowest BCUT2D eigenvalue weighted by molar-refractivity contribution is -0.131. The van der Waals surface area contributed by atoms with Crippen LogP contribution in [0, 0.1) is 0 Å². The first-order valence-electron chi connectivity index (χ1n) is 8.05. The average molecular weight is 338 g/mol. The van der Waals surface area contributed by atoms with Crippen molar-refractivity contribution >= 4 is 29.1 Å². The van der Waals surface area contributed by atoms with Crippen LogP contribution in [-0.2, 0) is 11.2 Å². The van der Waals surface area contributed by atoms with Crippen LogP contribution in [0.25, 0.3) is 0 Å². The van der Waals surface area contributed by atoms with Gasteiger partial charge in [0.15, 0.2) is 0 Å². The number of carbonyl (C=O) groups is 1. The van der Waals surface area contributed by atoms with Crippen molar-refractivity contribution in [3.63, 3.8) is 0 Å². The first-order chi connectivity index (χ1) is 10.6. The molecule has 1 amide bonds. The molecule has 2 nitrogen and oxygen atoms in total. The van der Waals surface area contributed by atoms with Gasteiger partial charge < -0.3 is 4.90 Å². The van der Waals surface area contributed by atoms with Crippen LogP contribution in [0.4, 0.5) is 0 Å². The van der Waals surface area contributed by atoms with Crippen molar-refractivity contribution in [3.8, 4) is 0 Å². The number of hydrogen-bond donors (Lipinski definition) is 0. The van der Waals surface area contributed by atoms with E-state index in [9.17, 15) is 4.79 Å². The van der Waals surface area contributed by atoms with Gasteiger partial charge in [0, 0.05) is 29.6 Å². The van der Waals surface area contributed by atoms with Gasteiger partial charge in [-0.1, -0.05) is 40.4 Å². The highest BCUT2D eigenvalue weighted by Gasteiger charge is 2.22. The van der Waals surface area contributed by atoms with Gasteiger partial charge in [0.1, 0.15) is 0 Å². The minimum Gasteiger partial charge on any atom is -0.342 e. The Kier molecular flexibility index (Phi) is 5.10. The third-order valence-electron chi connectivity index (χ3n) is 4.83. The van der Waals surface area contributed by atoms with Crippen molar-refractivity contribution in [2.24, 2.45) is 0 Å². The summed E-state index contributed by atoms with van der Waals surface area (Å²) in [7, 11) is 0. The number of piperidine rings is 1. The van der Waals surface area contributed by atoms with Gasteiger partial charge in [-0.2, -0.15) is 0 Å². The monoisotopic (exact) mass is 337 g/mol. The van der Waals surface area contributed by atoms with Gasteiger partial charge >= 0.3 is 0 Å². The molecule has 1 saturated heterocycles. The predicted octanol–water partition coefficient (Wildman–Crippen LogP) is 5.03. The van der Waals surface area contributed by atoms with Crippen molar-refractivity contribution < 1.29 is 4.79 Å². The molecule has 2 fully saturated rings. The summed E-state index contributed by atoms with van der Waals surface area (Å²) in [6, 6.07) is 5.48. The van der Waals surface area contributed by atoms with Crippen LogP contribution < -0.4 is 0 Å². The van der Waals surface area contributed by atoms with E-state index in [0.717, 1.165) is 31.5 Å². The Labute approximate surface area is 142 Å². The summed E-state index contributed by atoms with van der Waals surface area (Å²) in [5, 5.41) is 1.30. The van der Waals surface area contributed by atoms with Crippen molar-refractivity contribution in [2.45, 2.75) is 44.9 Å². The molecule has 1 aromatic rings. The topological polar surface area (TPSA) is 20.3 Å². The van der Waals surface area contributed by atoms with Crippen molar-refractivity contribution in [2.75, 3.05) is 13.1 Å². The van der Waals surface area contributed by atoms with Crippen LogP contribution in [0.3, 0.4) is 0 Å². The molecule has 22 heavy (non-hydrogen) atoms. The molecule has 0 aromatic heterocycles. The van der Waals surface area contributed by atoms with E-state index < -0.39 is 0 Å². The van der Waals surface area contributed by atoms with Crippen molar-refractivity contribution in [3.05, 3.63) is 45.0 Å². The zero-order valence-electron chi connectivity index (χ0n) is 12.7. The number of rotatable bonds is 3. The lowest BCUT2D eigenvalue weighted by Crippen LogP contribution is -2.37. The van der Waals surface area contributed by atoms with Gasteiger partial charge in [-0.05, 0) is 56.2 Å². The second kappa shape index (κ2) is 7.06. The summed E-state index contributed by atoms with van der Waals surface area (Å²) >= 11 is 12.3. The molecule has 1 aliphatic carbocycles. The summed E-state index contributed by atoms with van der Waals surface area (Å²) in [5.74, 6) is 0.216. The summed E-state index contributed by atoms with van der Waals surface area (Å²) < 4.78 is 0. The molecule has 2 aliphatic rings. The molecule has 1 saturated carbocycles. The zero-order chi connectivity index (χ0) is 15.5. The van der Waals surface area contributed by atoms with Crippen LogP contribution in [0.1, 0.15) is 44.1 Å². The Hall–Kier alpha value is -0.990. The van der Waals surface area contributed by atoms with Gasteiger partial charge in [0.25, 0.3) is 0 Å². The lowest BCUT2D eigenvalue weighted by Gasteiger charge is -2.32. The third-order valence-corrected chi connectivity index (χ3v) is 5.54. The molecule has 0 bridgehead atoms. The standard InChI is InChI=1S/C18H21Cl2NO/c19-16-5-2-6-17(20)15(16)7-8-18(22)21-11-9-14(10-12-21)13-3-1-4-13/h2,5-6H,1,3-4,7-12H2. The smallest absolute Gasteiger partial charge is 0.222 e. The predicted molar refractivity (Wildman–Crippen MR) is 91.5 cm³/mol. The average Bonchev–Trinajstić information content (AvgIpc) is 2.45. The highest BCUT2D eigenvalue weighted by atomic mass is 35.5. The quantitative estimate of drug-likeness (QED) is 0.708. The molecule has 0 unspecified atom stereocenters. The number of nitrogens with zero attached hydrogens (tertiary/aromatic N) is 1. The lowest BCUT2D eigenvalue weighted by atomic mass is 9.84. The molecule has 0 radical (unpaired) electrons. The SMILES string of the molecule is O=C(CCc1c(Cl)cccc1Cl)N1CCC(=C2CCC2)CC1. The van der Waals surface area contributed by atoms with E-state index in [4.69, 9.17) is 23.2 Å². The summed E-state index contributed by atoms with van der Waals surface area (Å²) in [6.07, 6.45) is 7.14. The van der Waals surface area contributed by atoms with Crippen LogP contribution >= 0.6 is 23.2 Å². The minimum atomic E-state index is 0.216. The Morgan fingerprint density at radius 2 is 1.59 bits per heavy atom. The van der Waals surface area contributed by atoms with E-state index in [2.05, 4.69) is 0 Å². The third kappa shape index (κ3) is 3.49. The number of likely N-dealkylation sites (tertiary alicyclic amines) is 1. The van der Waals surface area contributed by atoms with E-state index in [1.54, 1.807) is 11.1 Å². The molecule has 0 spiro atoms. The van der Waals surface area contributed by atoms with Crippen LogP contribution in [0.15, 0.2) is 29.3 Å². The first-order valence-corrected chi connectivity index (χ1v) is 8.81. The van der Waals surface area contributed by atoms with E-state index in [1.807, 2.05) is 23.1 Å². The maximum Gasteiger partial charge on any atom is 0.222 e. The highest BCUT2D eigenvalue weighted by molar-refractivity contribution is 6.36. The Bertz CT molecular complexity index is 573. The van der Waals surface area contributed by atoms with Gasteiger partial charge in [0.2, 0.25) is 5.91 Å². The number of benzene rings is 1. The second-order valence-corrected chi connectivity index (χ2v) is 6.96. The minimum absolute atomic E-state index is 0.216. The fourth-order valence-corrected chi connectivity index (χ4v) is 3.83. The summed E-state index contributed by atoms with van der Waals surface area (Å²) in [5.41, 5.74) is 4.16. The number of allylic oxidation sites excluding steroid dienone is 1. The maximum atomic E-state index is 12.4. The zero-order valence-corrected chi connectivity index (χ0v) is 14.2. The van der Waals surface area contributed by atoms with Gasteiger partial charge in [-0.15, -0.1) is 0 Å². The number of halogens is 2. The van der Waals surface area contributed by atoms with E-state index >= 15 is 0 Å². The van der Waals surface area contributed by atoms with Crippen LogP contribution in [0.5, 0.6) is 0 Å². The Balaban J connectivity index is 1.53. The van der Waals surface area contributed by atoms with E-state index in [1.165, 1.54) is 19.3 Å². The molecule has 0 N–H and O–H groups in total. The summed E-state index contributed by atoms with van der Waals surface area (Å²) in [4.78, 5) is 14.4. The number of hydrogen-bond acceptors (Lipinski definition) is 1. The Morgan fingerprint density at radius 3 is 2.14 bits per heavy atom. The normalized spacial score (nSPS) is 18.4. The molecular weight excluding hydrogens is 317 g/mol. The molecule has 1 aromatic carbocycles. The maximum absolute atomic E-state index is 12.4. The largest absolute Gasteiger partial charge is 0.342 e. The van der Waals surface area contributed by atoms with E-state index in [-0.39, 0.29) is 5.91 Å². The fourth-order valence-electron chi connectivity index (χ4n) is 3.25. The molecule has 0 atom stereocenters.